The fourth-order valence-corrected chi connectivity index (χ4v) is 3.64. The Bertz CT molecular complexity index is 1180. The summed E-state index contributed by atoms with van der Waals surface area (Å²) in [6.45, 7) is 6.28. The van der Waals surface area contributed by atoms with Crippen LogP contribution >= 0.6 is 0 Å². The zero-order valence-corrected chi connectivity index (χ0v) is 16.7. The minimum atomic E-state index is -3.69. The number of pyridine rings is 1. The van der Waals surface area contributed by atoms with Crippen molar-refractivity contribution in [3.8, 4) is 17.2 Å². The number of nitrogens with zero attached hydrogens (tertiary/aromatic N) is 1. The number of carbonyl (C=O) groups is 1. The van der Waals surface area contributed by atoms with Crippen LogP contribution in [0.15, 0.2) is 36.5 Å². The molecule has 3 aromatic rings. The highest BCUT2D eigenvalue weighted by Gasteiger charge is 2.54. The summed E-state index contributed by atoms with van der Waals surface area (Å²) < 4.78 is 41.1. The van der Waals surface area contributed by atoms with E-state index in [4.69, 9.17) is 4.74 Å². The zero-order chi connectivity index (χ0) is 21.3. The Morgan fingerprint density at radius 1 is 1.13 bits per heavy atom. The van der Waals surface area contributed by atoms with Crippen LogP contribution in [0.25, 0.3) is 11.0 Å². The van der Waals surface area contributed by atoms with Gasteiger partial charge in [-0.3, -0.25) is 4.79 Å². The third-order valence-electron chi connectivity index (χ3n) is 5.56. The van der Waals surface area contributed by atoms with E-state index in [0.717, 1.165) is 16.7 Å². The Kier molecular flexibility index (Phi) is 3.73. The molecular formula is C22H20F2N2O4. The molecule has 1 aliphatic heterocycles. The molecule has 1 N–H and O–H groups in total. The van der Waals surface area contributed by atoms with Crippen molar-refractivity contribution in [1.82, 2.24) is 9.97 Å². The van der Waals surface area contributed by atoms with Crippen molar-refractivity contribution in [1.29, 1.82) is 0 Å². The number of esters is 1. The number of halogens is 2. The number of alkyl halides is 2. The van der Waals surface area contributed by atoms with Gasteiger partial charge in [-0.15, -0.1) is 8.78 Å². The lowest BCUT2D eigenvalue weighted by Crippen LogP contribution is -2.26. The predicted molar refractivity (Wildman–Crippen MR) is 104 cm³/mol. The first-order chi connectivity index (χ1) is 14.1. The van der Waals surface area contributed by atoms with Crippen LogP contribution in [0.4, 0.5) is 8.78 Å². The van der Waals surface area contributed by atoms with Gasteiger partial charge in [0.05, 0.1) is 11.6 Å². The first-order valence-corrected chi connectivity index (χ1v) is 9.68. The standard InChI is InChI=1S/C22H20F2N2O4/c1-20(2,3)17-9-12-8-14(11-25-18(12)26-17)28-19(27)21(6-7-21)13-4-5-15-16(10-13)30-22(23,24)29-15/h4-5,8-11H,6-7H2,1-3H3,(H,25,26). The Labute approximate surface area is 171 Å². The number of H-pyrrole nitrogens is 1. The average molecular weight is 414 g/mol. The lowest BCUT2D eigenvalue weighted by molar-refractivity contribution is -0.286. The van der Waals surface area contributed by atoms with Gasteiger partial charge in [0, 0.05) is 16.5 Å². The highest BCUT2D eigenvalue weighted by atomic mass is 19.3. The van der Waals surface area contributed by atoms with Crippen LogP contribution in [0, 0.1) is 0 Å². The monoisotopic (exact) mass is 414 g/mol. The molecule has 0 spiro atoms. The highest BCUT2D eigenvalue weighted by molar-refractivity contribution is 5.89. The quantitative estimate of drug-likeness (QED) is 0.622. The molecular weight excluding hydrogens is 394 g/mol. The van der Waals surface area contributed by atoms with Crippen molar-refractivity contribution >= 4 is 17.0 Å². The van der Waals surface area contributed by atoms with Crippen molar-refractivity contribution in [2.75, 3.05) is 0 Å². The maximum Gasteiger partial charge on any atom is 0.586 e. The number of aromatic amines is 1. The first-order valence-electron chi connectivity index (χ1n) is 9.68. The number of nitrogens with one attached hydrogen (secondary N) is 1. The topological polar surface area (TPSA) is 73.4 Å². The number of rotatable bonds is 3. The molecule has 0 amide bonds. The molecule has 1 aromatic carbocycles. The lowest BCUT2D eigenvalue weighted by Gasteiger charge is -2.15. The van der Waals surface area contributed by atoms with Gasteiger partial charge in [0.25, 0.3) is 0 Å². The van der Waals surface area contributed by atoms with Crippen LogP contribution in [-0.2, 0) is 15.6 Å². The summed E-state index contributed by atoms with van der Waals surface area (Å²) in [5.74, 6) is -0.238. The molecule has 0 bridgehead atoms. The molecule has 2 aromatic heterocycles. The average Bonchev–Trinajstić information content (AvgIpc) is 3.24. The van der Waals surface area contributed by atoms with Crippen molar-refractivity contribution < 1.29 is 27.8 Å². The highest BCUT2D eigenvalue weighted by Crippen LogP contribution is 2.52. The van der Waals surface area contributed by atoms with Crippen molar-refractivity contribution in [2.24, 2.45) is 0 Å². The molecule has 2 aliphatic rings. The van der Waals surface area contributed by atoms with Gasteiger partial charge in [-0.2, -0.15) is 0 Å². The van der Waals surface area contributed by atoms with E-state index in [1.807, 2.05) is 6.07 Å². The molecule has 1 saturated carbocycles. The van der Waals surface area contributed by atoms with Crippen molar-refractivity contribution in [3.63, 3.8) is 0 Å². The lowest BCUT2D eigenvalue weighted by atomic mass is 9.92. The van der Waals surface area contributed by atoms with E-state index < -0.39 is 17.7 Å². The number of hydrogen-bond donors (Lipinski definition) is 1. The molecule has 0 saturated heterocycles. The van der Waals surface area contributed by atoms with Crippen LogP contribution < -0.4 is 14.2 Å². The van der Waals surface area contributed by atoms with Gasteiger partial charge in [-0.25, -0.2) is 4.98 Å². The summed E-state index contributed by atoms with van der Waals surface area (Å²) in [5, 5.41) is 0.848. The van der Waals surface area contributed by atoms with E-state index in [1.165, 1.54) is 18.3 Å². The molecule has 156 valence electrons. The normalized spacial score (nSPS) is 18.4. The number of carbonyl (C=O) groups excluding carboxylic acids is 1. The molecule has 0 radical (unpaired) electrons. The van der Waals surface area contributed by atoms with E-state index in [2.05, 4.69) is 40.2 Å². The minimum absolute atomic E-state index is 0.0512. The maximum atomic E-state index is 13.3. The molecule has 1 aliphatic carbocycles. The molecule has 0 unspecified atom stereocenters. The third kappa shape index (κ3) is 3.07. The number of aromatic nitrogens is 2. The molecule has 6 nitrogen and oxygen atoms in total. The Morgan fingerprint density at radius 2 is 1.87 bits per heavy atom. The summed E-state index contributed by atoms with van der Waals surface area (Å²) in [6.07, 6.45) is -1.06. The van der Waals surface area contributed by atoms with Gasteiger partial charge in [0.1, 0.15) is 11.4 Å². The summed E-state index contributed by atoms with van der Waals surface area (Å²) in [5.41, 5.74) is 1.38. The van der Waals surface area contributed by atoms with Gasteiger partial charge in [-0.1, -0.05) is 26.8 Å². The van der Waals surface area contributed by atoms with Crippen LogP contribution in [-0.4, -0.2) is 22.2 Å². The predicted octanol–water partition coefficient (Wildman–Crippen LogP) is 4.82. The summed E-state index contributed by atoms with van der Waals surface area (Å²) in [4.78, 5) is 20.6. The fourth-order valence-electron chi connectivity index (χ4n) is 3.64. The number of benzene rings is 1. The largest absolute Gasteiger partial charge is 0.586 e. The second-order valence-corrected chi connectivity index (χ2v) is 8.84. The summed E-state index contributed by atoms with van der Waals surface area (Å²) in [6, 6.07) is 8.17. The van der Waals surface area contributed by atoms with E-state index in [0.29, 0.717) is 24.2 Å². The zero-order valence-electron chi connectivity index (χ0n) is 16.7. The first kappa shape index (κ1) is 18.8. The van der Waals surface area contributed by atoms with Crippen molar-refractivity contribution in [2.45, 2.75) is 50.7 Å². The fraction of sp³-hybridized carbons (Fsp3) is 0.364. The minimum Gasteiger partial charge on any atom is -0.424 e. The Balaban J connectivity index is 1.39. The molecule has 30 heavy (non-hydrogen) atoms. The smallest absolute Gasteiger partial charge is 0.424 e. The van der Waals surface area contributed by atoms with Gasteiger partial charge in [0.15, 0.2) is 11.5 Å². The van der Waals surface area contributed by atoms with Gasteiger partial charge in [-0.05, 0) is 42.7 Å². The Morgan fingerprint density at radius 3 is 2.57 bits per heavy atom. The molecule has 0 atom stereocenters. The van der Waals surface area contributed by atoms with Crippen molar-refractivity contribution in [3.05, 3.63) is 47.8 Å². The van der Waals surface area contributed by atoms with E-state index in [-0.39, 0.29) is 16.9 Å². The van der Waals surface area contributed by atoms with E-state index in [1.54, 1.807) is 12.1 Å². The van der Waals surface area contributed by atoms with E-state index >= 15 is 0 Å². The molecule has 1 fully saturated rings. The summed E-state index contributed by atoms with van der Waals surface area (Å²) in [7, 11) is 0. The third-order valence-corrected chi connectivity index (χ3v) is 5.56. The van der Waals surface area contributed by atoms with E-state index in [9.17, 15) is 13.6 Å². The second-order valence-electron chi connectivity index (χ2n) is 8.84. The van der Waals surface area contributed by atoms with Gasteiger partial charge in [0.2, 0.25) is 0 Å². The number of fused-ring (bicyclic) bond motifs is 2. The SMILES string of the molecule is CC(C)(C)c1cc2cc(OC(=O)C3(c4ccc5c(c4)OC(F)(F)O5)CC3)cnc2[nH]1. The van der Waals surface area contributed by atoms with Gasteiger partial charge < -0.3 is 19.2 Å². The van der Waals surface area contributed by atoms with Crippen LogP contribution in [0.3, 0.4) is 0 Å². The number of ether oxygens (including phenoxy) is 3. The Hall–Kier alpha value is -3.16. The van der Waals surface area contributed by atoms with Crippen LogP contribution in [0.2, 0.25) is 0 Å². The maximum absolute atomic E-state index is 13.3. The van der Waals surface area contributed by atoms with Crippen LogP contribution in [0.5, 0.6) is 17.2 Å². The summed E-state index contributed by atoms with van der Waals surface area (Å²) >= 11 is 0. The second kappa shape index (κ2) is 5.93. The molecule has 8 heteroatoms. The van der Waals surface area contributed by atoms with Crippen LogP contribution in [0.1, 0.15) is 44.9 Å². The van der Waals surface area contributed by atoms with Gasteiger partial charge >= 0.3 is 12.3 Å². The molecule has 5 rings (SSSR count). The number of hydrogen-bond acceptors (Lipinski definition) is 5. The molecule has 3 heterocycles.